The summed E-state index contributed by atoms with van der Waals surface area (Å²) in [4.78, 5) is 4.05. The molecule has 1 aromatic heterocycles. The van der Waals surface area contributed by atoms with Crippen LogP contribution in [0.1, 0.15) is 0 Å². The van der Waals surface area contributed by atoms with Crippen LogP contribution >= 0.6 is 0 Å². The van der Waals surface area contributed by atoms with Crippen molar-refractivity contribution in [2.45, 2.75) is 5.54 Å². The summed E-state index contributed by atoms with van der Waals surface area (Å²) in [6.07, 6.45) is 0. The molecular formula is C10H16N2O4. The van der Waals surface area contributed by atoms with Crippen molar-refractivity contribution in [3.8, 4) is 5.88 Å². The standard InChI is InChI=1S/C10H16N2O4/c1-16-9-4-2-3-8(11-9)12-10(5-13,6-14)7-15/h2-4,13-15H,5-7H2,1H3,(H,11,12). The van der Waals surface area contributed by atoms with Crippen LogP contribution < -0.4 is 10.1 Å². The van der Waals surface area contributed by atoms with Crippen LogP contribution in [-0.2, 0) is 0 Å². The van der Waals surface area contributed by atoms with Gasteiger partial charge in [0.15, 0.2) is 0 Å². The lowest BCUT2D eigenvalue weighted by molar-refractivity contribution is 0.0830. The first kappa shape index (κ1) is 12.7. The first-order chi connectivity index (χ1) is 7.69. The molecule has 0 aliphatic carbocycles. The molecule has 0 aliphatic heterocycles. The lowest BCUT2D eigenvalue weighted by Crippen LogP contribution is -2.49. The molecular weight excluding hydrogens is 212 g/mol. The van der Waals surface area contributed by atoms with Gasteiger partial charge in [-0.1, -0.05) is 6.07 Å². The number of aromatic nitrogens is 1. The van der Waals surface area contributed by atoms with Crippen LogP contribution in [0.15, 0.2) is 18.2 Å². The van der Waals surface area contributed by atoms with Crippen LogP contribution in [0.3, 0.4) is 0 Å². The van der Waals surface area contributed by atoms with E-state index in [0.29, 0.717) is 11.7 Å². The second-order valence-electron chi connectivity index (χ2n) is 3.44. The Hall–Kier alpha value is -1.37. The summed E-state index contributed by atoms with van der Waals surface area (Å²) in [5, 5.41) is 30.1. The molecule has 0 aliphatic rings. The monoisotopic (exact) mass is 228 g/mol. The fourth-order valence-electron chi connectivity index (χ4n) is 1.14. The summed E-state index contributed by atoms with van der Waals surface area (Å²) >= 11 is 0. The van der Waals surface area contributed by atoms with E-state index in [1.165, 1.54) is 7.11 Å². The quantitative estimate of drug-likeness (QED) is 0.510. The Morgan fingerprint density at radius 3 is 2.38 bits per heavy atom. The second-order valence-corrected chi connectivity index (χ2v) is 3.44. The number of aliphatic hydroxyl groups excluding tert-OH is 3. The third-order valence-electron chi connectivity index (χ3n) is 2.23. The summed E-state index contributed by atoms with van der Waals surface area (Å²) in [5.41, 5.74) is -1.18. The van der Waals surface area contributed by atoms with E-state index in [1.54, 1.807) is 18.2 Å². The number of anilines is 1. The van der Waals surface area contributed by atoms with E-state index in [1.807, 2.05) is 0 Å². The van der Waals surface area contributed by atoms with Gasteiger partial charge in [0, 0.05) is 6.07 Å². The molecule has 0 saturated carbocycles. The summed E-state index contributed by atoms with van der Waals surface area (Å²) in [6.45, 7) is -1.21. The average Bonchev–Trinajstić information content (AvgIpc) is 2.36. The van der Waals surface area contributed by atoms with E-state index < -0.39 is 25.4 Å². The van der Waals surface area contributed by atoms with Crippen LogP contribution in [0, 0.1) is 0 Å². The molecule has 4 N–H and O–H groups in total. The number of rotatable bonds is 6. The zero-order chi connectivity index (χ0) is 12.0. The van der Waals surface area contributed by atoms with Crippen molar-refractivity contribution in [1.82, 2.24) is 4.98 Å². The Labute approximate surface area is 93.5 Å². The van der Waals surface area contributed by atoms with Crippen molar-refractivity contribution in [2.75, 3.05) is 32.2 Å². The predicted octanol–water partition coefficient (Wildman–Crippen LogP) is -0.782. The molecule has 6 nitrogen and oxygen atoms in total. The molecule has 0 amide bonds. The molecule has 0 saturated heterocycles. The SMILES string of the molecule is COc1cccc(NC(CO)(CO)CO)n1. The molecule has 0 atom stereocenters. The number of hydrogen-bond donors (Lipinski definition) is 4. The van der Waals surface area contributed by atoms with Gasteiger partial charge in [0.05, 0.1) is 26.9 Å². The first-order valence-corrected chi connectivity index (χ1v) is 4.81. The summed E-state index contributed by atoms with van der Waals surface area (Å²) in [6, 6.07) is 5.03. The Morgan fingerprint density at radius 1 is 1.25 bits per heavy atom. The van der Waals surface area contributed by atoms with E-state index in [0.717, 1.165) is 0 Å². The van der Waals surface area contributed by atoms with Gasteiger partial charge >= 0.3 is 0 Å². The maximum absolute atomic E-state index is 9.12. The molecule has 0 aromatic carbocycles. The number of methoxy groups -OCH3 is 1. The molecule has 16 heavy (non-hydrogen) atoms. The Kier molecular flexibility index (Phi) is 4.48. The molecule has 6 heteroatoms. The molecule has 0 radical (unpaired) electrons. The minimum atomic E-state index is -1.18. The number of ether oxygens (including phenoxy) is 1. The van der Waals surface area contributed by atoms with E-state index in [9.17, 15) is 0 Å². The van der Waals surface area contributed by atoms with E-state index in [2.05, 4.69) is 10.3 Å². The van der Waals surface area contributed by atoms with Gasteiger partial charge in [-0.05, 0) is 6.07 Å². The van der Waals surface area contributed by atoms with Gasteiger partial charge in [-0.3, -0.25) is 0 Å². The summed E-state index contributed by atoms with van der Waals surface area (Å²) < 4.78 is 4.93. The lowest BCUT2D eigenvalue weighted by Gasteiger charge is -2.29. The van der Waals surface area contributed by atoms with Gasteiger partial charge in [0.1, 0.15) is 11.4 Å². The highest BCUT2D eigenvalue weighted by Gasteiger charge is 2.28. The summed E-state index contributed by atoms with van der Waals surface area (Å²) in [7, 11) is 1.49. The van der Waals surface area contributed by atoms with Crippen molar-refractivity contribution in [1.29, 1.82) is 0 Å². The van der Waals surface area contributed by atoms with E-state index in [4.69, 9.17) is 20.1 Å². The highest BCUT2D eigenvalue weighted by molar-refractivity contribution is 5.40. The van der Waals surface area contributed by atoms with Gasteiger partial charge < -0.3 is 25.4 Å². The minimum Gasteiger partial charge on any atom is -0.481 e. The fourth-order valence-corrected chi connectivity index (χ4v) is 1.14. The van der Waals surface area contributed by atoms with Crippen molar-refractivity contribution >= 4 is 5.82 Å². The van der Waals surface area contributed by atoms with Crippen LogP contribution in [-0.4, -0.2) is 52.8 Å². The maximum atomic E-state index is 9.12. The molecule has 1 rings (SSSR count). The highest BCUT2D eigenvalue weighted by atomic mass is 16.5. The van der Waals surface area contributed by atoms with E-state index >= 15 is 0 Å². The van der Waals surface area contributed by atoms with Gasteiger partial charge in [-0.15, -0.1) is 0 Å². The number of aliphatic hydroxyl groups is 3. The molecule has 0 fully saturated rings. The van der Waals surface area contributed by atoms with Crippen molar-refractivity contribution in [2.24, 2.45) is 0 Å². The normalized spacial score (nSPS) is 11.2. The minimum absolute atomic E-state index is 0.404. The molecule has 0 unspecified atom stereocenters. The second kappa shape index (κ2) is 5.64. The lowest BCUT2D eigenvalue weighted by atomic mass is 10.0. The van der Waals surface area contributed by atoms with Crippen LogP contribution in [0.25, 0.3) is 0 Å². The highest BCUT2D eigenvalue weighted by Crippen LogP contribution is 2.15. The smallest absolute Gasteiger partial charge is 0.214 e. The molecule has 90 valence electrons. The van der Waals surface area contributed by atoms with Crippen molar-refractivity contribution < 1.29 is 20.1 Å². The van der Waals surface area contributed by atoms with Crippen molar-refractivity contribution in [3.05, 3.63) is 18.2 Å². The van der Waals surface area contributed by atoms with Gasteiger partial charge in [-0.2, -0.15) is 4.98 Å². The third-order valence-corrected chi connectivity index (χ3v) is 2.23. The average molecular weight is 228 g/mol. The predicted molar refractivity (Wildman–Crippen MR) is 58.4 cm³/mol. The van der Waals surface area contributed by atoms with Crippen molar-refractivity contribution in [3.63, 3.8) is 0 Å². The Bertz CT molecular complexity index is 320. The first-order valence-electron chi connectivity index (χ1n) is 4.81. The van der Waals surface area contributed by atoms with Crippen LogP contribution in [0.4, 0.5) is 5.82 Å². The Balaban J connectivity index is 2.84. The van der Waals surface area contributed by atoms with Gasteiger partial charge in [-0.25, -0.2) is 0 Å². The number of pyridine rings is 1. The molecule has 0 bridgehead atoms. The van der Waals surface area contributed by atoms with E-state index in [-0.39, 0.29) is 0 Å². The summed E-state index contributed by atoms with van der Waals surface area (Å²) in [5.74, 6) is 0.823. The molecule has 0 spiro atoms. The van der Waals surface area contributed by atoms with Crippen LogP contribution in [0.5, 0.6) is 5.88 Å². The number of nitrogens with one attached hydrogen (secondary N) is 1. The topological polar surface area (TPSA) is 94.8 Å². The molecule has 1 aromatic rings. The fraction of sp³-hybridized carbons (Fsp3) is 0.500. The number of nitrogens with zero attached hydrogens (tertiary/aromatic N) is 1. The van der Waals surface area contributed by atoms with Gasteiger partial charge in [0.25, 0.3) is 0 Å². The molecule has 1 heterocycles. The van der Waals surface area contributed by atoms with Crippen LogP contribution in [0.2, 0.25) is 0 Å². The van der Waals surface area contributed by atoms with Gasteiger partial charge in [0.2, 0.25) is 5.88 Å². The Morgan fingerprint density at radius 2 is 1.88 bits per heavy atom. The third kappa shape index (κ3) is 2.82. The zero-order valence-corrected chi connectivity index (χ0v) is 9.05. The maximum Gasteiger partial charge on any atom is 0.214 e. The largest absolute Gasteiger partial charge is 0.481 e. The zero-order valence-electron chi connectivity index (χ0n) is 9.05. The number of hydrogen-bond acceptors (Lipinski definition) is 6.